The Balaban J connectivity index is 2.53. The minimum absolute atomic E-state index is 0.00648. The maximum atomic E-state index is 6.03. The second-order valence-electron chi connectivity index (χ2n) is 3.57. The summed E-state index contributed by atoms with van der Waals surface area (Å²) in [6.07, 6.45) is 0. The number of benzene rings is 1. The first-order valence-corrected chi connectivity index (χ1v) is 5.55. The summed E-state index contributed by atoms with van der Waals surface area (Å²) in [5.74, 6) is 0. The lowest BCUT2D eigenvalue weighted by atomic mass is 10.0. The Labute approximate surface area is 87.5 Å². The van der Waals surface area contributed by atoms with E-state index >= 15 is 0 Å². The van der Waals surface area contributed by atoms with Crippen molar-refractivity contribution < 1.29 is 0 Å². The van der Waals surface area contributed by atoms with E-state index in [4.69, 9.17) is 11.5 Å². The molecule has 0 unspecified atom stereocenters. The summed E-state index contributed by atoms with van der Waals surface area (Å²) in [7, 11) is 0. The van der Waals surface area contributed by atoms with Gasteiger partial charge in [-0.15, -0.1) is 11.3 Å². The Bertz CT molecular complexity index is 434. The van der Waals surface area contributed by atoms with Gasteiger partial charge in [-0.2, -0.15) is 0 Å². The number of nitrogens with two attached hydrogens (primary N) is 2. The van der Waals surface area contributed by atoms with Crippen LogP contribution in [0.1, 0.15) is 18.5 Å². The molecule has 0 saturated heterocycles. The lowest BCUT2D eigenvalue weighted by Crippen LogP contribution is -2.30. The van der Waals surface area contributed by atoms with Crippen LogP contribution in [0.4, 0.5) is 0 Å². The molecule has 74 valence electrons. The van der Waals surface area contributed by atoms with Gasteiger partial charge in [0.15, 0.2) is 0 Å². The first-order valence-electron chi connectivity index (χ1n) is 4.67. The molecule has 0 radical (unpaired) electrons. The average Bonchev–Trinajstić information content (AvgIpc) is 2.60. The maximum Gasteiger partial charge on any atom is 0.0460 e. The van der Waals surface area contributed by atoms with Crippen molar-refractivity contribution in [3.05, 3.63) is 35.2 Å². The SMILES string of the molecule is C[C@H](N)[C@@H](N)c1csc2ccccc12. The largest absolute Gasteiger partial charge is 0.326 e. The van der Waals surface area contributed by atoms with Crippen LogP contribution in [0.5, 0.6) is 0 Å². The van der Waals surface area contributed by atoms with Crippen LogP contribution < -0.4 is 11.5 Å². The van der Waals surface area contributed by atoms with Crippen LogP contribution in [-0.4, -0.2) is 6.04 Å². The Morgan fingerprint density at radius 1 is 1.21 bits per heavy atom. The molecule has 2 atom stereocenters. The third-order valence-corrected chi connectivity index (χ3v) is 3.42. The van der Waals surface area contributed by atoms with Gasteiger partial charge in [0.05, 0.1) is 0 Å². The maximum absolute atomic E-state index is 6.03. The highest BCUT2D eigenvalue weighted by Crippen LogP contribution is 2.29. The molecule has 1 heterocycles. The Kier molecular flexibility index (Phi) is 2.54. The fourth-order valence-electron chi connectivity index (χ4n) is 1.54. The number of hydrogen-bond acceptors (Lipinski definition) is 3. The quantitative estimate of drug-likeness (QED) is 0.791. The van der Waals surface area contributed by atoms with Crippen LogP contribution in [0.3, 0.4) is 0 Å². The van der Waals surface area contributed by atoms with Gasteiger partial charge in [0.25, 0.3) is 0 Å². The summed E-state index contributed by atoms with van der Waals surface area (Å²) in [5.41, 5.74) is 13.0. The zero-order valence-corrected chi connectivity index (χ0v) is 8.92. The van der Waals surface area contributed by atoms with Gasteiger partial charge in [0.1, 0.15) is 0 Å². The van der Waals surface area contributed by atoms with Gasteiger partial charge >= 0.3 is 0 Å². The fourth-order valence-corrected chi connectivity index (χ4v) is 2.55. The number of rotatable bonds is 2. The summed E-state index contributed by atoms with van der Waals surface area (Å²) < 4.78 is 1.28. The van der Waals surface area contributed by atoms with Crippen molar-refractivity contribution in [2.24, 2.45) is 11.5 Å². The summed E-state index contributed by atoms with van der Waals surface area (Å²) in [6.45, 7) is 1.94. The monoisotopic (exact) mass is 206 g/mol. The van der Waals surface area contributed by atoms with Crippen LogP contribution in [0.25, 0.3) is 10.1 Å². The van der Waals surface area contributed by atoms with Gasteiger partial charge in [-0.25, -0.2) is 0 Å². The molecule has 0 aliphatic carbocycles. The highest BCUT2D eigenvalue weighted by atomic mass is 32.1. The Morgan fingerprint density at radius 2 is 1.93 bits per heavy atom. The van der Waals surface area contributed by atoms with E-state index < -0.39 is 0 Å². The number of thiophene rings is 1. The van der Waals surface area contributed by atoms with Crippen molar-refractivity contribution >= 4 is 21.4 Å². The molecule has 4 N–H and O–H groups in total. The molecule has 1 aromatic heterocycles. The molecule has 0 fully saturated rings. The molecular formula is C11H14N2S. The van der Waals surface area contributed by atoms with Gasteiger partial charge in [-0.3, -0.25) is 0 Å². The topological polar surface area (TPSA) is 52.0 Å². The smallest absolute Gasteiger partial charge is 0.0460 e. The van der Waals surface area contributed by atoms with E-state index in [2.05, 4.69) is 17.5 Å². The van der Waals surface area contributed by atoms with Gasteiger partial charge in [-0.05, 0) is 29.3 Å². The van der Waals surface area contributed by atoms with Crippen LogP contribution >= 0.6 is 11.3 Å². The van der Waals surface area contributed by atoms with E-state index in [-0.39, 0.29) is 12.1 Å². The molecule has 1 aromatic carbocycles. The molecule has 2 aromatic rings. The third kappa shape index (κ3) is 1.54. The normalized spacial score (nSPS) is 15.6. The summed E-state index contributed by atoms with van der Waals surface area (Å²) >= 11 is 1.72. The molecule has 0 aliphatic rings. The molecule has 0 saturated carbocycles. The molecule has 0 spiro atoms. The molecule has 0 bridgehead atoms. The van der Waals surface area contributed by atoms with Crippen molar-refractivity contribution in [1.82, 2.24) is 0 Å². The first-order chi connectivity index (χ1) is 6.70. The molecule has 0 amide bonds. The predicted molar refractivity (Wildman–Crippen MR) is 62.4 cm³/mol. The van der Waals surface area contributed by atoms with Crippen molar-refractivity contribution in [3.63, 3.8) is 0 Å². The molecule has 3 heteroatoms. The minimum atomic E-state index is -0.0638. The number of fused-ring (bicyclic) bond motifs is 1. The standard InChI is InChI=1S/C11H14N2S/c1-7(12)11(13)9-6-14-10-5-3-2-4-8(9)10/h2-7,11H,12-13H2,1H3/t7-,11+/m0/s1. The molecular weight excluding hydrogens is 192 g/mol. The van der Waals surface area contributed by atoms with Gasteiger partial charge in [0, 0.05) is 16.8 Å². The summed E-state index contributed by atoms with van der Waals surface area (Å²) in [4.78, 5) is 0. The highest BCUT2D eigenvalue weighted by Gasteiger charge is 2.14. The third-order valence-electron chi connectivity index (χ3n) is 2.44. The van der Waals surface area contributed by atoms with E-state index in [0.29, 0.717) is 0 Å². The molecule has 2 nitrogen and oxygen atoms in total. The second-order valence-corrected chi connectivity index (χ2v) is 4.48. The van der Waals surface area contributed by atoms with E-state index in [1.54, 1.807) is 11.3 Å². The molecule has 0 aliphatic heterocycles. The van der Waals surface area contributed by atoms with Crippen molar-refractivity contribution in [2.45, 2.75) is 19.0 Å². The predicted octanol–water partition coefficient (Wildman–Crippen LogP) is 2.25. The lowest BCUT2D eigenvalue weighted by molar-refractivity contribution is 0.594. The van der Waals surface area contributed by atoms with E-state index in [1.165, 1.54) is 15.6 Å². The fraction of sp³-hybridized carbons (Fsp3) is 0.273. The number of hydrogen-bond donors (Lipinski definition) is 2. The van der Waals surface area contributed by atoms with Crippen LogP contribution in [0.15, 0.2) is 29.6 Å². The van der Waals surface area contributed by atoms with E-state index in [1.807, 2.05) is 19.1 Å². The average molecular weight is 206 g/mol. The lowest BCUT2D eigenvalue weighted by Gasteiger charge is -2.14. The van der Waals surface area contributed by atoms with Gasteiger partial charge < -0.3 is 11.5 Å². The molecule has 2 rings (SSSR count). The second kappa shape index (κ2) is 3.69. The summed E-state index contributed by atoms with van der Waals surface area (Å²) in [5, 5.41) is 3.35. The minimum Gasteiger partial charge on any atom is -0.326 e. The van der Waals surface area contributed by atoms with Crippen LogP contribution in [-0.2, 0) is 0 Å². The van der Waals surface area contributed by atoms with Gasteiger partial charge in [0.2, 0.25) is 0 Å². The zero-order chi connectivity index (χ0) is 10.1. The molecule has 14 heavy (non-hydrogen) atoms. The van der Waals surface area contributed by atoms with E-state index in [0.717, 1.165) is 0 Å². The van der Waals surface area contributed by atoms with E-state index in [9.17, 15) is 0 Å². The zero-order valence-electron chi connectivity index (χ0n) is 8.10. The van der Waals surface area contributed by atoms with Crippen LogP contribution in [0, 0.1) is 0 Å². The van der Waals surface area contributed by atoms with Crippen molar-refractivity contribution in [2.75, 3.05) is 0 Å². The Morgan fingerprint density at radius 3 is 2.64 bits per heavy atom. The summed E-state index contributed by atoms with van der Waals surface area (Å²) in [6, 6.07) is 8.21. The van der Waals surface area contributed by atoms with Crippen molar-refractivity contribution in [1.29, 1.82) is 0 Å². The van der Waals surface area contributed by atoms with Crippen molar-refractivity contribution in [3.8, 4) is 0 Å². The first kappa shape index (κ1) is 9.65. The Hall–Kier alpha value is -0.900. The highest BCUT2D eigenvalue weighted by molar-refractivity contribution is 7.17. The van der Waals surface area contributed by atoms with Crippen LogP contribution in [0.2, 0.25) is 0 Å². The van der Waals surface area contributed by atoms with Gasteiger partial charge in [-0.1, -0.05) is 18.2 Å².